The van der Waals surface area contributed by atoms with Gasteiger partial charge < -0.3 is 10.6 Å². The second-order valence-corrected chi connectivity index (χ2v) is 5.17. The zero-order valence-electron chi connectivity index (χ0n) is 13.3. The number of nitrogens with one attached hydrogen (secondary N) is 2. The standard InChI is InChI=1S/C15H24N4O2.HI/c1-4-5-10-16-15(18-12(2)3)17-11-13-6-8-14(9-7-13)19(20)21;/h6-9,12H,4-5,10-11H2,1-3H3,(H2,16,17,18);1H. The molecule has 124 valence electrons. The lowest BCUT2D eigenvalue weighted by Gasteiger charge is -2.15. The molecule has 0 bridgehead atoms. The smallest absolute Gasteiger partial charge is 0.269 e. The fourth-order valence-corrected chi connectivity index (χ4v) is 1.70. The van der Waals surface area contributed by atoms with Gasteiger partial charge >= 0.3 is 0 Å². The van der Waals surface area contributed by atoms with Gasteiger partial charge in [0.15, 0.2) is 5.96 Å². The van der Waals surface area contributed by atoms with Gasteiger partial charge in [0, 0.05) is 24.7 Å². The third-order valence-electron chi connectivity index (χ3n) is 2.82. The summed E-state index contributed by atoms with van der Waals surface area (Å²) < 4.78 is 0. The molecule has 0 aliphatic rings. The van der Waals surface area contributed by atoms with Crippen LogP contribution < -0.4 is 10.6 Å². The molecule has 22 heavy (non-hydrogen) atoms. The van der Waals surface area contributed by atoms with Gasteiger partial charge in [0.2, 0.25) is 0 Å². The van der Waals surface area contributed by atoms with Gasteiger partial charge in [0.25, 0.3) is 5.69 Å². The lowest BCUT2D eigenvalue weighted by molar-refractivity contribution is -0.384. The maximum Gasteiger partial charge on any atom is 0.269 e. The highest BCUT2D eigenvalue weighted by molar-refractivity contribution is 14.0. The third-order valence-corrected chi connectivity index (χ3v) is 2.82. The van der Waals surface area contributed by atoms with Crippen LogP contribution in [0, 0.1) is 10.1 Å². The predicted molar refractivity (Wildman–Crippen MR) is 101 cm³/mol. The van der Waals surface area contributed by atoms with E-state index in [-0.39, 0.29) is 29.7 Å². The van der Waals surface area contributed by atoms with Crippen LogP contribution in [0.1, 0.15) is 39.2 Å². The SMILES string of the molecule is CCCCNC(=NCc1ccc([N+](=O)[O-])cc1)NC(C)C.I. The largest absolute Gasteiger partial charge is 0.356 e. The van der Waals surface area contributed by atoms with Crippen molar-refractivity contribution < 1.29 is 4.92 Å². The average Bonchev–Trinajstić information content (AvgIpc) is 2.44. The van der Waals surface area contributed by atoms with Crippen molar-refractivity contribution >= 4 is 35.6 Å². The molecule has 0 fully saturated rings. The minimum atomic E-state index is -0.398. The molecule has 0 spiro atoms. The van der Waals surface area contributed by atoms with Crippen LogP contribution >= 0.6 is 24.0 Å². The second kappa shape index (κ2) is 11.2. The topological polar surface area (TPSA) is 79.6 Å². The molecule has 6 nitrogen and oxygen atoms in total. The molecule has 0 saturated carbocycles. The molecular formula is C15H25IN4O2. The van der Waals surface area contributed by atoms with Crippen molar-refractivity contribution in [2.75, 3.05) is 6.54 Å². The quantitative estimate of drug-likeness (QED) is 0.177. The van der Waals surface area contributed by atoms with E-state index in [1.165, 1.54) is 12.1 Å². The van der Waals surface area contributed by atoms with E-state index in [9.17, 15) is 10.1 Å². The number of nitro groups is 1. The number of hydrogen-bond donors (Lipinski definition) is 2. The van der Waals surface area contributed by atoms with Crippen LogP contribution in [0.25, 0.3) is 0 Å². The number of nitrogens with zero attached hydrogens (tertiary/aromatic N) is 2. The molecule has 0 saturated heterocycles. The van der Waals surface area contributed by atoms with E-state index in [4.69, 9.17) is 0 Å². The third kappa shape index (κ3) is 8.16. The van der Waals surface area contributed by atoms with Crippen LogP contribution in [0.4, 0.5) is 5.69 Å². The molecule has 1 rings (SSSR count). The lowest BCUT2D eigenvalue weighted by Crippen LogP contribution is -2.41. The number of guanidine groups is 1. The van der Waals surface area contributed by atoms with Crippen LogP contribution in [-0.2, 0) is 6.54 Å². The lowest BCUT2D eigenvalue weighted by atomic mass is 10.2. The van der Waals surface area contributed by atoms with Crippen molar-refractivity contribution in [3.63, 3.8) is 0 Å². The minimum Gasteiger partial charge on any atom is -0.356 e. The summed E-state index contributed by atoms with van der Waals surface area (Å²) in [5.41, 5.74) is 1.05. The number of hydrogen-bond acceptors (Lipinski definition) is 3. The number of rotatable bonds is 7. The van der Waals surface area contributed by atoms with Gasteiger partial charge in [-0.1, -0.05) is 25.5 Å². The summed E-state index contributed by atoms with van der Waals surface area (Å²) in [6.07, 6.45) is 2.22. The molecule has 2 N–H and O–H groups in total. The molecule has 0 heterocycles. The van der Waals surface area contributed by atoms with Gasteiger partial charge in [-0.2, -0.15) is 0 Å². The van der Waals surface area contributed by atoms with Crippen molar-refractivity contribution in [2.45, 2.75) is 46.2 Å². The zero-order valence-corrected chi connectivity index (χ0v) is 15.7. The fourth-order valence-electron chi connectivity index (χ4n) is 1.70. The number of non-ortho nitro benzene ring substituents is 1. The number of aliphatic imine (C=N–C) groups is 1. The summed E-state index contributed by atoms with van der Waals surface area (Å²) in [6, 6.07) is 6.78. The Kier molecular flexibility index (Phi) is 10.5. The molecule has 0 unspecified atom stereocenters. The maximum atomic E-state index is 10.6. The van der Waals surface area contributed by atoms with Gasteiger partial charge in [0.05, 0.1) is 11.5 Å². The summed E-state index contributed by atoms with van der Waals surface area (Å²) in [5.74, 6) is 0.775. The van der Waals surface area contributed by atoms with Crippen molar-refractivity contribution in [2.24, 2.45) is 4.99 Å². The van der Waals surface area contributed by atoms with E-state index < -0.39 is 4.92 Å². The van der Waals surface area contributed by atoms with Gasteiger partial charge in [-0.15, -0.1) is 24.0 Å². The molecule has 0 radical (unpaired) electrons. The van der Waals surface area contributed by atoms with E-state index >= 15 is 0 Å². The van der Waals surface area contributed by atoms with Crippen molar-refractivity contribution in [3.05, 3.63) is 39.9 Å². The van der Waals surface area contributed by atoms with Gasteiger partial charge in [-0.3, -0.25) is 10.1 Å². The Bertz CT molecular complexity index is 475. The van der Waals surface area contributed by atoms with Crippen molar-refractivity contribution in [1.29, 1.82) is 0 Å². The van der Waals surface area contributed by atoms with Crippen LogP contribution in [0.5, 0.6) is 0 Å². The summed E-state index contributed by atoms with van der Waals surface area (Å²) in [4.78, 5) is 14.7. The number of halogens is 1. The van der Waals surface area contributed by atoms with E-state index in [1.54, 1.807) is 12.1 Å². The Morgan fingerprint density at radius 3 is 2.45 bits per heavy atom. The number of nitro benzene ring substituents is 1. The highest BCUT2D eigenvalue weighted by atomic mass is 127. The average molecular weight is 420 g/mol. The Morgan fingerprint density at radius 2 is 1.95 bits per heavy atom. The minimum absolute atomic E-state index is 0. The number of unbranched alkanes of at least 4 members (excludes halogenated alkanes) is 1. The summed E-state index contributed by atoms with van der Waals surface area (Å²) in [6.45, 7) is 7.64. The maximum absolute atomic E-state index is 10.6. The normalized spacial score (nSPS) is 11.0. The predicted octanol–water partition coefficient (Wildman–Crippen LogP) is 3.46. The van der Waals surface area contributed by atoms with Crippen molar-refractivity contribution in [3.8, 4) is 0 Å². The van der Waals surface area contributed by atoms with E-state index in [1.807, 2.05) is 0 Å². The molecule has 0 atom stereocenters. The molecule has 0 aliphatic carbocycles. The highest BCUT2D eigenvalue weighted by Gasteiger charge is 2.04. The second-order valence-electron chi connectivity index (χ2n) is 5.17. The van der Waals surface area contributed by atoms with E-state index in [0.29, 0.717) is 12.6 Å². The first-order valence-corrected chi connectivity index (χ1v) is 7.31. The summed E-state index contributed by atoms with van der Waals surface area (Å²) in [7, 11) is 0. The molecule has 0 amide bonds. The van der Waals surface area contributed by atoms with Crippen LogP contribution in [0.15, 0.2) is 29.3 Å². The molecule has 0 aromatic heterocycles. The first-order valence-electron chi connectivity index (χ1n) is 7.31. The zero-order chi connectivity index (χ0) is 15.7. The molecule has 1 aromatic rings. The Hall–Kier alpha value is -1.38. The van der Waals surface area contributed by atoms with E-state index in [2.05, 4.69) is 36.4 Å². The summed E-state index contributed by atoms with van der Waals surface area (Å²) >= 11 is 0. The Morgan fingerprint density at radius 1 is 1.32 bits per heavy atom. The fraction of sp³-hybridized carbons (Fsp3) is 0.533. The highest BCUT2D eigenvalue weighted by Crippen LogP contribution is 2.12. The first kappa shape index (κ1) is 20.6. The molecule has 1 aromatic carbocycles. The van der Waals surface area contributed by atoms with Crippen LogP contribution in [0.3, 0.4) is 0 Å². The van der Waals surface area contributed by atoms with Gasteiger partial charge in [-0.05, 0) is 25.8 Å². The van der Waals surface area contributed by atoms with Gasteiger partial charge in [0.1, 0.15) is 0 Å². The first-order chi connectivity index (χ1) is 10.0. The summed E-state index contributed by atoms with van der Waals surface area (Å²) in [5, 5.41) is 17.2. The Balaban J connectivity index is 0.00000441. The molecular weight excluding hydrogens is 395 g/mol. The monoisotopic (exact) mass is 420 g/mol. The molecule has 0 aliphatic heterocycles. The van der Waals surface area contributed by atoms with Crippen LogP contribution in [0.2, 0.25) is 0 Å². The van der Waals surface area contributed by atoms with Gasteiger partial charge in [-0.25, -0.2) is 4.99 Å². The van der Waals surface area contributed by atoms with E-state index in [0.717, 1.165) is 30.9 Å². The van der Waals surface area contributed by atoms with Crippen LogP contribution in [-0.4, -0.2) is 23.5 Å². The number of benzene rings is 1. The van der Waals surface area contributed by atoms with Crippen molar-refractivity contribution in [1.82, 2.24) is 10.6 Å². The Labute approximate surface area is 149 Å². The molecule has 7 heteroatoms.